The zero-order valence-corrected chi connectivity index (χ0v) is 13.2. The van der Waals surface area contributed by atoms with Crippen LogP contribution in [0.4, 0.5) is 0 Å². The molecule has 0 heterocycles. The Balaban J connectivity index is 1.86. The average molecular weight is 310 g/mol. The van der Waals surface area contributed by atoms with E-state index in [1.165, 1.54) is 29.3 Å². The Kier molecular flexibility index (Phi) is 4.85. The molecular weight excluding hydrogens is 286 g/mol. The summed E-state index contributed by atoms with van der Waals surface area (Å²) in [5.74, 6) is 1.47. The second-order valence-corrected chi connectivity index (χ2v) is 6.67. The minimum absolute atomic E-state index is 0.676. The molecule has 0 radical (unpaired) electrons. The van der Waals surface area contributed by atoms with E-state index in [2.05, 4.69) is 66.3 Å². The second kappa shape index (κ2) is 6.21. The molecule has 100 valence electrons. The van der Waals surface area contributed by atoms with Gasteiger partial charge in [0.05, 0.1) is 0 Å². The van der Waals surface area contributed by atoms with Crippen molar-refractivity contribution in [3.8, 4) is 0 Å². The van der Waals surface area contributed by atoms with Crippen molar-refractivity contribution in [2.45, 2.75) is 58.0 Å². The molecule has 2 rings (SSSR count). The highest BCUT2D eigenvalue weighted by Crippen LogP contribution is 2.40. The fourth-order valence-corrected chi connectivity index (χ4v) is 3.51. The van der Waals surface area contributed by atoms with Crippen molar-refractivity contribution in [2.24, 2.45) is 5.92 Å². The van der Waals surface area contributed by atoms with Crippen LogP contribution >= 0.6 is 15.9 Å². The van der Waals surface area contributed by atoms with Crippen LogP contribution in [0.3, 0.4) is 0 Å². The molecule has 1 aliphatic rings. The number of hydrogen-bond acceptors (Lipinski definition) is 1. The van der Waals surface area contributed by atoms with Crippen LogP contribution in [0.2, 0.25) is 0 Å². The van der Waals surface area contributed by atoms with Crippen LogP contribution in [0.15, 0.2) is 28.7 Å². The highest BCUT2D eigenvalue weighted by atomic mass is 79.9. The van der Waals surface area contributed by atoms with E-state index in [0.29, 0.717) is 6.04 Å². The first kappa shape index (κ1) is 14.1. The lowest BCUT2D eigenvalue weighted by atomic mass is 9.75. The summed E-state index contributed by atoms with van der Waals surface area (Å²) < 4.78 is 1.27. The molecule has 0 aliphatic heterocycles. The fourth-order valence-electron chi connectivity index (χ4n) is 2.90. The summed E-state index contributed by atoms with van der Waals surface area (Å²) in [6.45, 7) is 6.90. The SMILES string of the molecule is CCC(NC1CC(c2ccccc2Br)C1)C(C)C. The Labute approximate surface area is 119 Å². The molecule has 1 nitrogen and oxygen atoms in total. The van der Waals surface area contributed by atoms with E-state index < -0.39 is 0 Å². The normalized spacial score (nSPS) is 24.9. The molecule has 0 amide bonds. The Hall–Kier alpha value is -0.340. The van der Waals surface area contributed by atoms with Gasteiger partial charge in [0.15, 0.2) is 0 Å². The molecule has 0 spiro atoms. The van der Waals surface area contributed by atoms with E-state index in [0.717, 1.165) is 17.9 Å². The number of hydrogen-bond donors (Lipinski definition) is 1. The summed E-state index contributed by atoms with van der Waals surface area (Å²) in [5, 5.41) is 3.81. The minimum Gasteiger partial charge on any atom is -0.311 e. The van der Waals surface area contributed by atoms with Gasteiger partial charge < -0.3 is 5.32 Å². The molecule has 1 unspecified atom stereocenters. The zero-order valence-electron chi connectivity index (χ0n) is 11.6. The largest absolute Gasteiger partial charge is 0.311 e. The van der Waals surface area contributed by atoms with Gasteiger partial charge in [0.1, 0.15) is 0 Å². The molecule has 0 aromatic heterocycles. The van der Waals surface area contributed by atoms with Crippen molar-refractivity contribution >= 4 is 15.9 Å². The standard InChI is InChI=1S/C16H24BrN/c1-4-16(11(2)3)18-13-9-12(10-13)14-7-5-6-8-15(14)17/h5-8,11-13,16,18H,4,9-10H2,1-3H3. The van der Waals surface area contributed by atoms with E-state index >= 15 is 0 Å². The third-order valence-corrected chi connectivity index (χ3v) is 4.90. The molecule has 1 aromatic carbocycles. The third-order valence-electron chi connectivity index (χ3n) is 4.18. The van der Waals surface area contributed by atoms with E-state index in [1.807, 2.05) is 0 Å². The first-order chi connectivity index (χ1) is 8.61. The van der Waals surface area contributed by atoms with Gasteiger partial charge in [-0.15, -0.1) is 0 Å². The number of rotatable bonds is 5. The summed E-state index contributed by atoms with van der Waals surface area (Å²) >= 11 is 3.66. The summed E-state index contributed by atoms with van der Waals surface area (Å²) in [7, 11) is 0. The van der Waals surface area contributed by atoms with Gasteiger partial charge in [-0.2, -0.15) is 0 Å². The van der Waals surface area contributed by atoms with Gasteiger partial charge in [0, 0.05) is 16.6 Å². The number of nitrogens with one attached hydrogen (secondary N) is 1. The Morgan fingerprint density at radius 3 is 2.50 bits per heavy atom. The summed E-state index contributed by atoms with van der Waals surface area (Å²) in [6, 6.07) is 10.0. The summed E-state index contributed by atoms with van der Waals surface area (Å²) in [6.07, 6.45) is 3.80. The Morgan fingerprint density at radius 1 is 1.28 bits per heavy atom. The quantitative estimate of drug-likeness (QED) is 0.830. The monoisotopic (exact) mass is 309 g/mol. The van der Waals surface area contributed by atoms with Crippen LogP contribution in [-0.4, -0.2) is 12.1 Å². The lowest BCUT2D eigenvalue weighted by Crippen LogP contribution is -2.47. The minimum atomic E-state index is 0.676. The molecule has 1 aliphatic carbocycles. The predicted octanol–water partition coefficient (Wildman–Crippen LogP) is 4.72. The van der Waals surface area contributed by atoms with Crippen molar-refractivity contribution in [1.29, 1.82) is 0 Å². The first-order valence-electron chi connectivity index (χ1n) is 7.12. The summed E-state index contributed by atoms with van der Waals surface area (Å²) in [4.78, 5) is 0. The van der Waals surface area contributed by atoms with Gasteiger partial charge in [-0.1, -0.05) is 54.9 Å². The van der Waals surface area contributed by atoms with E-state index in [-0.39, 0.29) is 0 Å². The van der Waals surface area contributed by atoms with Crippen molar-refractivity contribution in [3.05, 3.63) is 34.3 Å². The van der Waals surface area contributed by atoms with Crippen LogP contribution in [0.25, 0.3) is 0 Å². The lowest BCUT2D eigenvalue weighted by Gasteiger charge is -2.40. The number of benzene rings is 1. The molecule has 1 aromatic rings. The molecule has 0 saturated heterocycles. The van der Waals surface area contributed by atoms with Gasteiger partial charge in [-0.25, -0.2) is 0 Å². The molecule has 2 heteroatoms. The molecule has 0 bridgehead atoms. The Morgan fingerprint density at radius 2 is 1.94 bits per heavy atom. The van der Waals surface area contributed by atoms with E-state index in [1.54, 1.807) is 0 Å². The first-order valence-corrected chi connectivity index (χ1v) is 7.91. The van der Waals surface area contributed by atoms with Crippen molar-refractivity contribution < 1.29 is 0 Å². The van der Waals surface area contributed by atoms with Crippen LogP contribution < -0.4 is 5.32 Å². The third kappa shape index (κ3) is 3.16. The molecule has 1 saturated carbocycles. The highest BCUT2D eigenvalue weighted by molar-refractivity contribution is 9.10. The predicted molar refractivity (Wildman–Crippen MR) is 82.0 cm³/mol. The fraction of sp³-hybridized carbons (Fsp3) is 0.625. The second-order valence-electron chi connectivity index (χ2n) is 5.81. The average Bonchev–Trinajstić information content (AvgIpc) is 2.29. The molecule has 1 fully saturated rings. The molecule has 1 N–H and O–H groups in total. The van der Waals surface area contributed by atoms with Crippen LogP contribution in [0.1, 0.15) is 51.5 Å². The van der Waals surface area contributed by atoms with Crippen LogP contribution in [0.5, 0.6) is 0 Å². The van der Waals surface area contributed by atoms with Crippen molar-refractivity contribution in [3.63, 3.8) is 0 Å². The maximum Gasteiger partial charge on any atom is 0.0210 e. The highest BCUT2D eigenvalue weighted by Gasteiger charge is 2.32. The molecular formula is C16H24BrN. The van der Waals surface area contributed by atoms with Gasteiger partial charge >= 0.3 is 0 Å². The maximum absolute atomic E-state index is 3.81. The van der Waals surface area contributed by atoms with Gasteiger partial charge in [0.2, 0.25) is 0 Å². The summed E-state index contributed by atoms with van der Waals surface area (Å²) in [5.41, 5.74) is 1.48. The van der Waals surface area contributed by atoms with Crippen molar-refractivity contribution in [2.75, 3.05) is 0 Å². The smallest absolute Gasteiger partial charge is 0.0210 e. The van der Waals surface area contributed by atoms with Crippen molar-refractivity contribution in [1.82, 2.24) is 5.32 Å². The lowest BCUT2D eigenvalue weighted by molar-refractivity contribution is 0.236. The molecule has 1 atom stereocenters. The van der Waals surface area contributed by atoms with Crippen LogP contribution in [0, 0.1) is 5.92 Å². The van der Waals surface area contributed by atoms with Crippen LogP contribution in [-0.2, 0) is 0 Å². The number of halogens is 1. The van der Waals surface area contributed by atoms with E-state index in [4.69, 9.17) is 0 Å². The van der Waals surface area contributed by atoms with E-state index in [9.17, 15) is 0 Å². The molecule has 18 heavy (non-hydrogen) atoms. The topological polar surface area (TPSA) is 12.0 Å². The van der Waals surface area contributed by atoms with Gasteiger partial charge in [-0.3, -0.25) is 0 Å². The van der Waals surface area contributed by atoms with Gasteiger partial charge in [-0.05, 0) is 42.7 Å². The zero-order chi connectivity index (χ0) is 13.1. The Bertz CT molecular complexity index is 382. The maximum atomic E-state index is 3.81. The van der Waals surface area contributed by atoms with Gasteiger partial charge in [0.25, 0.3) is 0 Å².